The van der Waals surface area contributed by atoms with E-state index in [2.05, 4.69) is 10.0 Å². The highest BCUT2D eigenvalue weighted by Gasteiger charge is 2.52. The van der Waals surface area contributed by atoms with Crippen LogP contribution >= 0.6 is 0 Å². The van der Waals surface area contributed by atoms with Crippen LogP contribution in [0.2, 0.25) is 6.32 Å². The molecule has 0 aromatic heterocycles. The number of rotatable bonds is 8. The normalized spacial score (nSPS) is 29.4. The van der Waals surface area contributed by atoms with Gasteiger partial charge in [0.25, 0.3) is 10.2 Å². The first-order valence-electron chi connectivity index (χ1n) is 7.51. The fourth-order valence-corrected chi connectivity index (χ4v) is 4.37. The summed E-state index contributed by atoms with van der Waals surface area (Å²) in [5.41, 5.74) is 4.28. The quantitative estimate of drug-likeness (QED) is 0.249. The molecule has 0 aromatic rings. The van der Waals surface area contributed by atoms with Crippen LogP contribution in [0.25, 0.3) is 0 Å². The number of aliphatic carboxylic acids is 1. The molecule has 2 atom stereocenters. The summed E-state index contributed by atoms with van der Waals surface area (Å²) in [6.45, 7) is 0.777. The van der Waals surface area contributed by atoms with E-state index in [1.165, 1.54) is 0 Å². The summed E-state index contributed by atoms with van der Waals surface area (Å²) >= 11 is 0. The Morgan fingerprint density at radius 2 is 2.09 bits per heavy atom. The van der Waals surface area contributed by atoms with Crippen molar-refractivity contribution in [2.75, 3.05) is 26.2 Å². The zero-order valence-electron chi connectivity index (χ0n) is 12.7. The standard InChI is InChI=1S/C11H23BN4O6S/c13-11(10(17)18)7-16(6-8(11)2-1-3-12(19)20)23(21,22)15-9-4-14-5-9/h8-9,14-15,19-20H,1-7,13H2,(H,17,18)/t8-,11-/m0/s1. The average molecular weight is 350 g/mol. The highest BCUT2D eigenvalue weighted by Crippen LogP contribution is 2.31. The molecule has 23 heavy (non-hydrogen) atoms. The molecule has 0 saturated carbocycles. The summed E-state index contributed by atoms with van der Waals surface area (Å²) in [7, 11) is -5.27. The molecule has 2 aliphatic rings. The van der Waals surface area contributed by atoms with Crippen LogP contribution in [0, 0.1) is 5.92 Å². The zero-order chi connectivity index (χ0) is 17.3. The van der Waals surface area contributed by atoms with E-state index in [0.717, 1.165) is 4.31 Å². The maximum atomic E-state index is 12.3. The van der Waals surface area contributed by atoms with Crippen molar-refractivity contribution in [1.29, 1.82) is 0 Å². The van der Waals surface area contributed by atoms with Crippen LogP contribution in [0.5, 0.6) is 0 Å². The van der Waals surface area contributed by atoms with E-state index in [1.54, 1.807) is 0 Å². The van der Waals surface area contributed by atoms with Gasteiger partial charge in [-0.25, -0.2) is 0 Å². The Kier molecular flexibility index (Phi) is 5.66. The van der Waals surface area contributed by atoms with Gasteiger partial charge >= 0.3 is 13.1 Å². The molecule has 10 nitrogen and oxygen atoms in total. The molecule has 2 fully saturated rings. The summed E-state index contributed by atoms with van der Waals surface area (Å²) in [5.74, 6) is -1.84. The molecule has 12 heteroatoms. The van der Waals surface area contributed by atoms with Gasteiger partial charge in [-0.05, 0) is 12.7 Å². The molecule has 0 amide bonds. The van der Waals surface area contributed by atoms with Gasteiger partial charge in [-0.2, -0.15) is 17.4 Å². The zero-order valence-corrected chi connectivity index (χ0v) is 13.5. The van der Waals surface area contributed by atoms with Crippen LogP contribution in [0.4, 0.5) is 0 Å². The number of nitrogens with two attached hydrogens (primary N) is 1. The number of carboxylic acids is 1. The molecule has 0 aromatic carbocycles. The molecule has 0 aliphatic carbocycles. The van der Waals surface area contributed by atoms with Gasteiger partial charge in [-0.3, -0.25) is 4.79 Å². The van der Waals surface area contributed by atoms with Crippen molar-refractivity contribution in [3.8, 4) is 0 Å². The second kappa shape index (κ2) is 7.01. The molecule has 0 spiro atoms. The van der Waals surface area contributed by atoms with Crippen LogP contribution < -0.4 is 15.8 Å². The first-order chi connectivity index (χ1) is 10.6. The third-order valence-electron chi connectivity index (χ3n) is 4.44. The van der Waals surface area contributed by atoms with E-state index < -0.39 is 34.8 Å². The van der Waals surface area contributed by atoms with Crippen LogP contribution in [-0.4, -0.2) is 78.7 Å². The minimum atomic E-state index is -3.80. The molecule has 2 heterocycles. The van der Waals surface area contributed by atoms with Gasteiger partial charge in [0.2, 0.25) is 0 Å². The Labute approximate surface area is 135 Å². The molecule has 0 radical (unpaired) electrons. The van der Waals surface area contributed by atoms with Crippen LogP contribution in [0.1, 0.15) is 12.8 Å². The number of hydrogen-bond acceptors (Lipinski definition) is 7. The molecular weight excluding hydrogens is 327 g/mol. The Balaban J connectivity index is 2.04. The van der Waals surface area contributed by atoms with Crippen LogP contribution in [0.15, 0.2) is 0 Å². The second-order valence-corrected chi connectivity index (χ2v) is 7.93. The van der Waals surface area contributed by atoms with E-state index in [1.807, 2.05) is 0 Å². The highest BCUT2D eigenvalue weighted by atomic mass is 32.2. The van der Waals surface area contributed by atoms with Crippen molar-refractivity contribution < 1.29 is 28.4 Å². The minimum absolute atomic E-state index is 0.000193. The fraction of sp³-hybridized carbons (Fsp3) is 0.909. The lowest BCUT2D eigenvalue weighted by molar-refractivity contribution is -0.144. The Morgan fingerprint density at radius 1 is 1.43 bits per heavy atom. The SMILES string of the molecule is N[C@@]1(C(=O)O)CN(S(=O)(=O)NC2CNC2)C[C@@H]1CCCB(O)O. The molecule has 7 N–H and O–H groups in total. The smallest absolute Gasteiger partial charge is 0.451 e. The number of carbonyl (C=O) groups is 1. The lowest BCUT2D eigenvalue weighted by atomic mass is 9.78. The Hall–Kier alpha value is -0.755. The van der Waals surface area contributed by atoms with E-state index >= 15 is 0 Å². The van der Waals surface area contributed by atoms with Gasteiger partial charge in [0.15, 0.2) is 0 Å². The number of carboxylic acid groups (broad SMARTS) is 1. The lowest BCUT2D eigenvalue weighted by Crippen LogP contribution is -2.60. The maximum absolute atomic E-state index is 12.3. The van der Waals surface area contributed by atoms with E-state index in [4.69, 9.17) is 15.8 Å². The number of hydrogen-bond donors (Lipinski definition) is 6. The Bertz CT molecular complexity index is 543. The topological polar surface area (TPSA) is 165 Å². The largest absolute Gasteiger partial charge is 0.480 e. The van der Waals surface area contributed by atoms with Crippen LogP contribution in [0.3, 0.4) is 0 Å². The van der Waals surface area contributed by atoms with Gasteiger partial charge in [-0.1, -0.05) is 6.42 Å². The molecule has 2 rings (SSSR count). The second-order valence-electron chi connectivity index (χ2n) is 6.22. The van der Waals surface area contributed by atoms with Crippen molar-refractivity contribution in [3.63, 3.8) is 0 Å². The predicted octanol–water partition coefficient (Wildman–Crippen LogP) is -3.24. The minimum Gasteiger partial charge on any atom is -0.480 e. The first-order valence-corrected chi connectivity index (χ1v) is 8.95. The summed E-state index contributed by atoms with van der Waals surface area (Å²) in [6.07, 6.45) is 0.741. The third kappa shape index (κ3) is 4.21. The molecule has 2 saturated heterocycles. The Morgan fingerprint density at radius 3 is 2.57 bits per heavy atom. The van der Waals surface area contributed by atoms with Gasteiger partial charge in [0, 0.05) is 38.1 Å². The van der Waals surface area contributed by atoms with Gasteiger partial charge in [-0.15, -0.1) is 0 Å². The summed E-state index contributed by atoms with van der Waals surface area (Å²) < 4.78 is 28.2. The van der Waals surface area contributed by atoms with Crippen molar-refractivity contribution in [2.24, 2.45) is 11.7 Å². The van der Waals surface area contributed by atoms with E-state index in [0.29, 0.717) is 25.9 Å². The van der Waals surface area contributed by atoms with Crippen molar-refractivity contribution in [1.82, 2.24) is 14.3 Å². The maximum Gasteiger partial charge on any atom is 0.451 e. The van der Waals surface area contributed by atoms with Crippen LogP contribution in [-0.2, 0) is 15.0 Å². The predicted molar refractivity (Wildman–Crippen MR) is 82.6 cm³/mol. The number of nitrogens with zero attached hydrogens (tertiary/aromatic N) is 1. The lowest BCUT2D eigenvalue weighted by Gasteiger charge is -2.30. The van der Waals surface area contributed by atoms with Gasteiger partial charge < -0.3 is 26.2 Å². The first kappa shape index (κ1) is 18.6. The van der Waals surface area contributed by atoms with Crippen molar-refractivity contribution in [2.45, 2.75) is 30.7 Å². The molecular formula is C11H23BN4O6S. The van der Waals surface area contributed by atoms with Gasteiger partial charge in [0.1, 0.15) is 5.54 Å². The fourth-order valence-electron chi connectivity index (χ4n) is 2.87. The summed E-state index contributed by atoms with van der Waals surface area (Å²) in [6, 6.07) is -0.194. The summed E-state index contributed by atoms with van der Waals surface area (Å²) in [4.78, 5) is 11.5. The third-order valence-corrected chi connectivity index (χ3v) is 6.03. The van der Waals surface area contributed by atoms with E-state index in [9.17, 15) is 18.3 Å². The van der Waals surface area contributed by atoms with Gasteiger partial charge in [0.05, 0.1) is 0 Å². The van der Waals surface area contributed by atoms with E-state index in [-0.39, 0.29) is 25.5 Å². The monoisotopic (exact) mass is 350 g/mol. The average Bonchev–Trinajstić information content (AvgIpc) is 2.74. The van der Waals surface area contributed by atoms with Crippen molar-refractivity contribution >= 4 is 23.3 Å². The highest BCUT2D eigenvalue weighted by molar-refractivity contribution is 7.87. The molecule has 0 unspecified atom stereocenters. The number of nitrogens with one attached hydrogen (secondary N) is 2. The molecule has 132 valence electrons. The molecule has 0 bridgehead atoms. The molecule has 2 aliphatic heterocycles. The summed E-state index contributed by atoms with van der Waals surface area (Å²) in [5, 5.41) is 30.1. The van der Waals surface area contributed by atoms with Crippen molar-refractivity contribution in [3.05, 3.63) is 0 Å².